The first-order valence-electron chi connectivity index (χ1n) is 9.04. The molecule has 0 saturated carbocycles. The van der Waals surface area contributed by atoms with E-state index < -0.39 is 23.1 Å². The third-order valence-electron chi connectivity index (χ3n) is 5.42. The smallest absolute Gasteiger partial charge is 0.341 e. The second kappa shape index (κ2) is 6.19. The minimum absolute atomic E-state index is 0.0333. The molecular weight excluding hydrogens is 367 g/mol. The molecule has 0 aromatic heterocycles. The van der Waals surface area contributed by atoms with Gasteiger partial charge in [0.05, 0.1) is 12.2 Å². The Morgan fingerprint density at radius 3 is 2.82 bits per heavy atom. The number of ketones is 1. The van der Waals surface area contributed by atoms with Gasteiger partial charge in [0.1, 0.15) is 22.6 Å². The average molecular weight is 386 g/mol. The van der Waals surface area contributed by atoms with Crippen LogP contribution in [-0.4, -0.2) is 31.3 Å². The number of allylic oxidation sites excluding steroid dienone is 1. The van der Waals surface area contributed by atoms with Gasteiger partial charge in [-0.25, -0.2) is 9.18 Å². The van der Waals surface area contributed by atoms with E-state index in [0.717, 1.165) is 0 Å². The third kappa shape index (κ3) is 2.17. The van der Waals surface area contributed by atoms with Gasteiger partial charge in [-0.3, -0.25) is 9.59 Å². The Morgan fingerprint density at radius 1 is 1.36 bits per heavy atom. The molecule has 8 heteroatoms. The Bertz CT molecular complexity index is 996. The van der Waals surface area contributed by atoms with Crippen LogP contribution in [0.5, 0.6) is 0 Å². The first-order chi connectivity index (χ1) is 13.3. The van der Waals surface area contributed by atoms with E-state index in [2.05, 4.69) is 0 Å². The fraction of sp³-hybridized carbons (Fsp3) is 0.350. The van der Waals surface area contributed by atoms with E-state index in [-0.39, 0.29) is 47.2 Å². The van der Waals surface area contributed by atoms with Crippen LogP contribution >= 0.6 is 0 Å². The molecule has 0 fully saturated rings. The highest BCUT2D eigenvalue weighted by Gasteiger charge is 2.63. The van der Waals surface area contributed by atoms with Crippen molar-refractivity contribution in [3.8, 4) is 0 Å². The summed E-state index contributed by atoms with van der Waals surface area (Å²) in [5.41, 5.74) is 4.57. The monoisotopic (exact) mass is 386 g/mol. The number of Topliss-reactive ketones (excluding diaryl/α,β-unsaturated/α-hetero) is 1. The number of likely N-dealkylation sites (N-methyl/N-ethyl adjacent to an activating group) is 1. The molecule has 0 radical (unpaired) electrons. The van der Waals surface area contributed by atoms with Crippen LogP contribution < -0.4 is 10.6 Å². The highest BCUT2D eigenvalue weighted by Crippen LogP contribution is 2.55. The van der Waals surface area contributed by atoms with Crippen molar-refractivity contribution in [2.45, 2.75) is 31.6 Å². The number of nitrogens with zero attached hydrogens (tertiary/aromatic N) is 1. The molecule has 0 saturated heterocycles. The van der Waals surface area contributed by atoms with Gasteiger partial charge >= 0.3 is 5.97 Å². The van der Waals surface area contributed by atoms with Gasteiger partial charge in [0.2, 0.25) is 11.8 Å². The van der Waals surface area contributed by atoms with Crippen molar-refractivity contribution in [2.24, 2.45) is 5.73 Å². The summed E-state index contributed by atoms with van der Waals surface area (Å²) in [6.07, 6.45) is 1.12. The van der Waals surface area contributed by atoms with E-state index in [9.17, 15) is 18.8 Å². The van der Waals surface area contributed by atoms with Gasteiger partial charge in [-0.05, 0) is 31.5 Å². The van der Waals surface area contributed by atoms with Gasteiger partial charge in [0, 0.05) is 31.1 Å². The number of carbonyl (C=O) groups is 3. The number of hydrogen-bond donors (Lipinski definition) is 1. The van der Waals surface area contributed by atoms with Gasteiger partial charge in [-0.15, -0.1) is 0 Å². The Morgan fingerprint density at radius 2 is 2.11 bits per heavy atom. The Labute approximate surface area is 160 Å². The fourth-order valence-corrected chi connectivity index (χ4v) is 4.35. The standard InChI is InChI=1S/C20H19FN2O5/c1-3-27-18(25)16-17(22)28-14-6-4-5-13(24)15(14)20(16)11-9-10(21)7-8-12(11)23(2)19(20)26/h7-9H,3-6,22H2,1-2H3/t20-/m1/s1. The Balaban J connectivity index is 2.12. The van der Waals surface area contributed by atoms with Crippen molar-refractivity contribution in [1.29, 1.82) is 0 Å². The van der Waals surface area contributed by atoms with Gasteiger partial charge < -0.3 is 20.1 Å². The third-order valence-corrected chi connectivity index (χ3v) is 5.42. The van der Waals surface area contributed by atoms with E-state index >= 15 is 0 Å². The molecule has 1 amide bonds. The maximum absolute atomic E-state index is 14.2. The SMILES string of the molecule is CCOC(=O)C1=C(N)OC2=C(C(=O)CCC2)[C@@]12C(=O)N(C)c1ccc(F)cc12. The fourth-order valence-electron chi connectivity index (χ4n) is 4.35. The van der Waals surface area contributed by atoms with Crippen molar-refractivity contribution in [3.05, 3.63) is 52.4 Å². The molecule has 28 heavy (non-hydrogen) atoms. The number of esters is 1. The summed E-state index contributed by atoms with van der Waals surface area (Å²) in [5.74, 6) is -2.41. The first-order valence-corrected chi connectivity index (χ1v) is 9.04. The van der Waals surface area contributed by atoms with Crippen LogP contribution in [0.3, 0.4) is 0 Å². The largest absolute Gasteiger partial charge is 0.462 e. The Hall–Kier alpha value is -3.16. The molecule has 2 heterocycles. The average Bonchev–Trinajstić information content (AvgIpc) is 2.84. The number of anilines is 1. The van der Waals surface area contributed by atoms with Crippen molar-refractivity contribution >= 4 is 23.3 Å². The zero-order valence-electron chi connectivity index (χ0n) is 15.5. The summed E-state index contributed by atoms with van der Waals surface area (Å²) in [5, 5.41) is 0. The van der Waals surface area contributed by atoms with E-state index in [1.165, 1.54) is 30.1 Å². The summed E-state index contributed by atoms with van der Waals surface area (Å²) in [6, 6.07) is 3.83. The number of amides is 1. The zero-order chi connectivity index (χ0) is 20.2. The Kier molecular flexibility index (Phi) is 4.02. The van der Waals surface area contributed by atoms with E-state index in [0.29, 0.717) is 18.5 Å². The lowest BCUT2D eigenvalue weighted by atomic mass is 9.64. The zero-order valence-corrected chi connectivity index (χ0v) is 15.5. The van der Waals surface area contributed by atoms with Crippen LogP contribution in [0.2, 0.25) is 0 Å². The number of ether oxygens (including phenoxy) is 2. The number of halogens is 1. The molecule has 146 valence electrons. The lowest BCUT2D eigenvalue weighted by molar-refractivity contribution is -0.141. The van der Waals surface area contributed by atoms with Crippen molar-refractivity contribution in [1.82, 2.24) is 0 Å². The number of benzene rings is 1. The molecule has 1 atom stereocenters. The molecule has 7 nitrogen and oxygen atoms in total. The number of carbonyl (C=O) groups excluding carboxylic acids is 3. The summed E-state index contributed by atoms with van der Waals surface area (Å²) >= 11 is 0. The maximum atomic E-state index is 14.2. The molecule has 0 unspecified atom stereocenters. The van der Waals surface area contributed by atoms with Crippen LogP contribution in [0.4, 0.5) is 10.1 Å². The van der Waals surface area contributed by atoms with Crippen molar-refractivity contribution in [2.75, 3.05) is 18.6 Å². The van der Waals surface area contributed by atoms with Crippen LogP contribution in [0.15, 0.2) is 41.0 Å². The van der Waals surface area contributed by atoms with Crippen molar-refractivity contribution < 1.29 is 28.2 Å². The normalized spacial score (nSPS) is 23.8. The molecular formula is C20H19FN2O5. The second-order valence-electron chi connectivity index (χ2n) is 6.91. The number of fused-ring (bicyclic) bond motifs is 3. The predicted octanol–water partition coefficient (Wildman–Crippen LogP) is 1.81. The minimum atomic E-state index is -1.87. The molecule has 2 N–H and O–H groups in total. The maximum Gasteiger partial charge on any atom is 0.341 e. The van der Waals surface area contributed by atoms with Gasteiger partial charge in [-0.2, -0.15) is 0 Å². The first kappa shape index (κ1) is 18.2. The number of hydrogen-bond acceptors (Lipinski definition) is 6. The number of rotatable bonds is 2. The summed E-state index contributed by atoms with van der Waals surface area (Å²) in [7, 11) is 1.51. The quantitative estimate of drug-likeness (QED) is 0.779. The van der Waals surface area contributed by atoms with E-state index in [4.69, 9.17) is 15.2 Å². The molecule has 3 aliphatic rings. The van der Waals surface area contributed by atoms with Crippen molar-refractivity contribution in [3.63, 3.8) is 0 Å². The molecule has 1 aromatic rings. The molecule has 4 rings (SSSR count). The highest BCUT2D eigenvalue weighted by atomic mass is 19.1. The summed E-state index contributed by atoms with van der Waals surface area (Å²) in [6.45, 7) is 1.64. The molecule has 1 spiro atoms. The lowest BCUT2D eigenvalue weighted by Gasteiger charge is -2.38. The minimum Gasteiger partial charge on any atom is -0.462 e. The number of nitrogens with two attached hydrogens (primary N) is 1. The van der Waals surface area contributed by atoms with Crippen LogP contribution in [0.1, 0.15) is 31.7 Å². The van der Waals surface area contributed by atoms with Crippen LogP contribution in [0, 0.1) is 5.82 Å². The van der Waals surface area contributed by atoms with Crippen LogP contribution in [0.25, 0.3) is 0 Å². The van der Waals surface area contributed by atoms with Gasteiger partial charge in [-0.1, -0.05) is 0 Å². The van der Waals surface area contributed by atoms with E-state index in [1.54, 1.807) is 6.92 Å². The molecule has 2 aliphatic heterocycles. The highest BCUT2D eigenvalue weighted by molar-refractivity contribution is 6.23. The molecule has 0 bridgehead atoms. The van der Waals surface area contributed by atoms with Crippen LogP contribution in [-0.2, 0) is 29.3 Å². The topological polar surface area (TPSA) is 98.9 Å². The van der Waals surface area contributed by atoms with Gasteiger partial charge in [0.15, 0.2) is 5.78 Å². The van der Waals surface area contributed by atoms with E-state index in [1.807, 2.05) is 0 Å². The lowest BCUT2D eigenvalue weighted by Crippen LogP contribution is -2.50. The predicted molar refractivity (Wildman–Crippen MR) is 96.3 cm³/mol. The summed E-state index contributed by atoms with van der Waals surface area (Å²) in [4.78, 5) is 40.7. The summed E-state index contributed by atoms with van der Waals surface area (Å²) < 4.78 is 25.0. The molecule has 1 aromatic carbocycles. The van der Waals surface area contributed by atoms with Gasteiger partial charge in [0.25, 0.3) is 0 Å². The molecule has 1 aliphatic carbocycles. The second-order valence-corrected chi connectivity index (χ2v) is 6.91.